The van der Waals surface area contributed by atoms with E-state index in [2.05, 4.69) is 10.0 Å². The van der Waals surface area contributed by atoms with Crippen molar-refractivity contribution in [3.8, 4) is 0 Å². The number of thioether (sulfide) groups is 1. The molecule has 0 unspecified atom stereocenters. The molecule has 0 fully saturated rings. The summed E-state index contributed by atoms with van der Waals surface area (Å²) in [4.78, 5) is 14.1. The molecule has 5 nitrogen and oxygen atoms in total. The van der Waals surface area contributed by atoms with Crippen molar-refractivity contribution in [1.29, 1.82) is 0 Å². The second kappa shape index (κ2) is 6.76. The molecule has 0 spiro atoms. The average molecular weight is 237 g/mol. The summed E-state index contributed by atoms with van der Waals surface area (Å²) < 4.78 is 5.01. The number of ether oxygens (including phenoxy) is 1. The van der Waals surface area contributed by atoms with Gasteiger partial charge in [0.15, 0.2) is 0 Å². The highest BCUT2D eigenvalue weighted by atomic mass is 32.2. The van der Waals surface area contributed by atoms with Crippen LogP contribution < -0.4 is 0 Å². The van der Waals surface area contributed by atoms with Gasteiger partial charge in [-0.3, -0.25) is 0 Å². The van der Waals surface area contributed by atoms with E-state index in [1.165, 1.54) is 0 Å². The van der Waals surface area contributed by atoms with E-state index in [-0.39, 0.29) is 5.97 Å². The van der Waals surface area contributed by atoms with Crippen LogP contribution in [-0.2, 0) is 4.74 Å². The van der Waals surface area contributed by atoms with Crippen LogP contribution in [0.2, 0.25) is 0 Å². The number of benzene rings is 1. The molecule has 1 aromatic carbocycles. The number of hydrogen-bond acceptors (Lipinski definition) is 4. The van der Waals surface area contributed by atoms with E-state index < -0.39 is 0 Å². The molecule has 0 radical (unpaired) electrons. The fraction of sp³-hybridized carbons (Fsp3) is 0.300. The fourth-order valence-corrected chi connectivity index (χ4v) is 1.27. The molecule has 0 saturated heterocycles. The molecule has 1 rings (SSSR count). The highest BCUT2D eigenvalue weighted by molar-refractivity contribution is 7.98. The van der Waals surface area contributed by atoms with Crippen molar-refractivity contribution in [1.82, 2.24) is 0 Å². The molecule has 0 aliphatic heterocycles. The van der Waals surface area contributed by atoms with Crippen LogP contribution in [0.25, 0.3) is 10.4 Å². The maximum absolute atomic E-state index is 11.5. The SMILES string of the molecule is CSCCOC(=O)c1ccc(N=[N+]=[N-])cc1. The summed E-state index contributed by atoms with van der Waals surface area (Å²) in [5.41, 5.74) is 9.14. The number of azide groups is 1. The molecular formula is C10H11N3O2S. The first-order valence-electron chi connectivity index (χ1n) is 4.59. The Bertz CT molecular complexity index is 399. The summed E-state index contributed by atoms with van der Waals surface area (Å²) in [6.45, 7) is 0.401. The molecule has 6 heteroatoms. The Balaban J connectivity index is 2.59. The van der Waals surface area contributed by atoms with Gasteiger partial charge < -0.3 is 4.74 Å². The fourth-order valence-electron chi connectivity index (χ4n) is 1.02. The minimum atomic E-state index is -0.360. The maximum atomic E-state index is 11.5. The van der Waals surface area contributed by atoms with Crippen LogP contribution in [0.3, 0.4) is 0 Å². The number of carbonyl (C=O) groups excluding carboxylic acids is 1. The van der Waals surface area contributed by atoms with Gasteiger partial charge in [-0.1, -0.05) is 17.2 Å². The summed E-state index contributed by atoms with van der Waals surface area (Å²) >= 11 is 1.62. The van der Waals surface area contributed by atoms with Gasteiger partial charge in [0, 0.05) is 16.4 Å². The van der Waals surface area contributed by atoms with Crippen molar-refractivity contribution in [2.45, 2.75) is 0 Å². The summed E-state index contributed by atoms with van der Waals surface area (Å²) in [5.74, 6) is 0.421. The van der Waals surface area contributed by atoms with Crippen molar-refractivity contribution in [3.63, 3.8) is 0 Å². The van der Waals surface area contributed by atoms with Crippen molar-refractivity contribution in [3.05, 3.63) is 40.3 Å². The summed E-state index contributed by atoms with van der Waals surface area (Å²) in [5, 5.41) is 3.41. The van der Waals surface area contributed by atoms with Crippen LogP contribution >= 0.6 is 11.8 Å². The van der Waals surface area contributed by atoms with Gasteiger partial charge in [0.1, 0.15) is 6.61 Å². The summed E-state index contributed by atoms with van der Waals surface area (Å²) in [6, 6.07) is 6.30. The topological polar surface area (TPSA) is 75.1 Å². The zero-order valence-corrected chi connectivity index (χ0v) is 9.61. The third-order valence-electron chi connectivity index (χ3n) is 1.78. The molecule has 0 saturated carbocycles. The minimum absolute atomic E-state index is 0.360. The summed E-state index contributed by atoms with van der Waals surface area (Å²) in [7, 11) is 0. The minimum Gasteiger partial charge on any atom is -0.461 e. The third kappa shape index (κ3) is 3.84. The first kappa shape index (κ1) is 12.4. The number of hydrogen-bond donors (Lipinski definition) is 0. The van der Waals surface area contributed by atoms with E-state index in [4.69, 9.17) is 10.3 Å². The van der Waals surface area contributed by atoms with Crippen LogP contribution in [0.5, 0.6) is 0 Å². The standard InChI is InChI=1S/C10H11N3O2S/c1-16-7-6-15-10(14)8-2-4-9(5-3-8)12-13-11/h2-5H,6-7H2,1H3. The van der Waals surface area contributed by atoms with E-state index in [0.29, 0.717) is 17.9 Å². The van der Waals surface area contributed by atoms with E-state index in [0.717, 1.165) is 5.75 Å². The highest BCUT2D eigenvalue weighted by Gasteiger charge is 2.05. The lowest BCUT2D eigenvalue weighted by Gasteiger charge is -2.03. The van der Waals surface area contributed by atoms with Crippen molar-refractivity contribution in [2.24, 2.45) is 5.11 Å². The van der Waals surface area contributed by atoms with E-state index >= 15 is 0 Å². The Hall–Kier alpha value is -1.65. The highest BCUT2D eigenvalue weighted by Crippen LogP contribution is 2.13. The van der Waals surface area contributed by atoms with Crippen molar-refractivity contribution >= 4 is 23.4 Å². The van der Waals surface area contributed by atoms with Gasteiger partial charge in [0.05, 0.1) is 5.56 Å². The molecule has 0 N–H and O–H groups in total. The van der Waals surface area contributed by atoms with Crippen LogP contribution in [0.15, 0.2) is 29.4 Å². The molecule has 0 aromatic heterocycles. The zero-order chi connectivity index (χ0) is 11.8. The molecule has 16 heavy (non-hydrogen) atoms. The zero-order valence-electron chi connectivity index (χ0n) is 8.79. The number of rotatable bonds is 5. The monoisotopic (exact) mass is 237 g/mol. The van der Waals surface area contributed by atoms with Gasteiger partial charge in [-0.2, -0.15) is 11.8 Å². The number of nitrogens with zero attached hydrogens (tertiary/aromatic N) is 3. The van der Waals surface area contributed by atoms with Gasteiger partial charge in [-0.15, -0.1) is 0 Å². The molecule has 0 heterocycles. The largest absolute Gasteiger partial charge is 0.461 e. The van der Waals surface area contributed by atoms with Crippen molar-refractivity contribution < 1.29 is 9.53 Å². The van der Waals surface area contributed by atoms with Crippen LogP contribution in [0, 0.1) is 0 Å². The Kier molecular flexibility index (Phi) is 5.25. The molecule has 0 amide bonds. The smallest absolute Gasteiger partial charge is 0.338 e. The first-order valence-corrected chi connectivity index (χ1v) is 5.98. The molecule has 0 atom stereocenters. The Morgan fingerprint density at radius 3 is 2.75 bits per heavy atom. The maximum Gasteiger partial charge on any atom is 0.338 e. The lowest BCUT2D eigenvalue weighted by molar-refractivity contribution is 0.0530. The van der Waals surface area contributed by atoms with Crippen LogP contribution in [-0.4, -0.2) is 24.6 Å². The predicted octanol–water partition coefficient (Wildman–Crippen LogP) is 3.15. The quantitative estimate of drug-likeness (QED) is 0.259. The lowest BCUT2D eigenvalue weighted by Crippen LogP contribution is -2.07. The normalized spacial score (nSPS) is 9.31. The van der Waals surface area contributed by atoms with Gasteiger partial charge >= 0.3 is 5.97 Å². The molecule has 0 aliphatic carbocycles. The van der Waals surface area contributed by atoms with E-state index in [1.807, 2.05) is 6.26 Å². The predicted molar refractivity (Wildman–Crippen MR) is 63.9 cm³/mol. The van der Waals surface area contributed by atoms with Crippen LogP contribution in [0.1, 0.15) is 10.4 Å². The molecule has 1 aromatic rings. The molecular weight excluding hydrogens is 226 g/mol. The second-order valence-electron chi connectivity index (χ2n) is 2.87. The molecule has 0 bridgehead atoms. The van der Waals surface area contributed by atoms with Gasteiger partial charge in [0.25, 0.3) is 0 Å². The van der Waals surface area contributed by atoms with Crippen molar-refractivity contribution in [2.75, 3.05) is 18.6 Å². The molecule has 84 valence electrons. The van der Waals surface area contributed by atoms with E-state index in [1.54, 1.807) is 36.0 Å². The average Bonchev–Trinajstić information content (AvgIpc) is 2.30. The van der Waals surface area contributed by atoms with Gasteiger partial charge in [-0.25, -0.2) is 4.79 Å². The third-order valence-corrected chi connectivity index (χ3v) is 2.36. The van der Waals surface area contributed by atoms with Gasteiger partial charge in [0.2, 0.25) is 0 Å². The summed E-state index contributed by atoms with van der Waals surface area (Å²) in [6.07, 6.45) is 1.95. The van der Waals surface area contributed by atoms with E-state index in [9.17, 15) is 4.79 Å². The first-order chi connectivity index (χ1) is 7.77. The van der Waals surface area contributed by atoms with Gasteiger partial charge in [-0.05, 0) is 23.9 Å². The number of carbonyl (C=O) groups is 1. The number of esters is 1. The van der Waals surface area contributed by atoms with Crippen LogP contribution in [0.4, 0.5) is 5.69 Å². The molecule has 0 aliphatic rings. The Morgan fingerprint density at radius 1 is 1.50 bits per heavy atom. The Labute approximate surface area is 97.4 Å². The Morgan fingerprint density at radius 2 is 2.19 bits per heavy atom. The second-order valence-corrected chi connectivity index (χ2v) is 3.85. The lowest BCUT2D eigenvalue weighted by atomic mass is 10.2.